The van der Waals surface area contributed by atoms with Crippen LogP contribution in [-0.4, -0.2) is 30.7 Å². The zero-order valence-corrected chi connectivity index (χ0v) is 11.4. The molecule has 0 unspecified atom stereocenters. The third-order valence-electron chi connectivity index (χ3n) is 3.05. The van der Waals surface area contributed by atoms with Gasteiger partial charge in [0, 0.05) is 11.3 Å². The Morgan fingerprint density at radius 2 is 1.95 bits per heavy atom. The summed E-state index contributed by atoms with van der Waals surface area (Å²) in [4.78, 5) is 11.2. The van der Waals surface area contributed by atoms with Crippen LogP contribution in [0.15, 0.2) is 12.1 Å². The van der Waals surface area contributed by atoms with Crippen LogP contribution in [0.1, 0.15) is 21.7 Å². The molecule has 5 nitrogen and oxygen atoms in total. The second kappa shape index (κ2) is 5.14. The quantitative estimate of drug-likeness (QED) is 0.858. The van der Waals surface area contributed by atoms with Gasteiger partial charge in [0.1, 0.15) is 0 Å². The molecule has 0 saturated carbocycles. The molecule has 100 valence electrons. The summed E-state index contributed by atoms with van der Waals surface area (Å²) in [5, 5.41) is 7.09. The standard InChI is InChI=1S/C14H16N2O3/c1-8-13(9(2)16-15-8)10-5-11(7-17)14(19-4)12(6-10)18-3/h5-7H,1-4H3,(H,15,16). The van der Waals surface area contributed by atoms with E-state index >= 15 is 0 Å². The summed E-state index contributed by atoms with van der Waals surface area (Å²) in [6.45, 7) is 3.85. The lowest BCUT2D eigenvalue weighted by atomic mass is 10.0. The van der Waals surface area contributed by atoms with E-state index in [2.05, 4.69) is 10.2 Å². The van der Waals surface area contributed by atoms with Gasteiger partial charge in [-0.15, -0.1) is 0 Å². The SMILES string of the molecule is COc1cc(-c2c(C)n[nH]c2C)cc(C=O)c1OC. The van der Waals surface area contributed by atoms with Gasteiger partial charge in [-0.05, 0) is 31.5 Å². The van der Waals surface area contributed by atoms with E-state index in [9.17, 15) is 4.79 Å². The van der Waals surface area contributed by atoms with Crippen molar-refractivity contribution in [3.63, 3.8) is 0 Å². The highest BCUT2D eigenvalue weighted by Gasteiger charge is 2.16. The van der Waals surface area contributed by atoms with Crippen LogP contribution < -0.4 is 9.47 Å². The number of hydrogen-bond donors (Lipinski definition) is 1. The molecule has 2 aromatic rings. The molecule has 1 aromatic heterocycles. The average Bonchev–Trinajstić information content (AvgIpc) is 2.76. The number of rotatable bonds is 4. The molecule has 0 bridgehead atoms. The fourth-order valence-electron chi connectivity index (χ4n) is 2.20. The first-order valence-electron chi connectivity index (χ1n) is 5.85. The lowest BCUT2D eigenvalue weighted by Gasteiger charge is -2.12. The summed E-state index contributed by atoms with van der Waals surface area (Å²) in [5.74, 6) is 0.974. The maximum absolute atomic E-state index is 11.2. The van der Waals surface area contributed by atoms with Crippen molar-refractivity contribution in [1.29, 1.82) is 0 Å². The van der Waals surface area contributed by atoms with Crippen LogP contribution in [-0.2, 0) is 0 Å². The Bertz CT molecular complexity index is 598. The van der Waals surface area contributed by atoms with Gasteiger partial charge in [-0.1, -0.05) is 0 Å². The van der Waals surface area contributed by atoms with E-state index in [0.29, 0.717) is 17.1 Å². The Kier molecular flexibility index (Phi) is 3.55. The van der Waals surface area contributed by atoms with E-state index in [1.54, 1.807) is 13.2 Å². The molecule has 0 radical (unpaired) electrons. The number of hydrogen-bond acceptors (Lipinski definition) is 4. The van der Waals surface area contributed by atoms with Gasteiger partial charge in [0.15, 0.2) is 17.8 Å². The number of aryl methyl sites for hydroxylation is 2. The monoisotopic (exact) mass is 260 g/mol. The molecule has 0 amide bonds. The Balaban J connectivity index is 2.69. The number of carbonyl (C=O) groups excluding carboxylic acids is 1. The number of nitrogens with zero attached hydrogens (tertiary/aromatic N) is 1. The topological polar surface area (TPSA) is 64.2 Å². The van der Waals surface area contributed by atoms with Crippen molar-refractivity contribution in [2.75, 3.05) is 14.2 Å². The largest absolute Gasteiger partial charge is 0.493 e. The minimum atomic E-state index is 0.444. The number of benzene rings is 1. The van der Waals surface area contributed by atoms with Gasteiger partial charge in [0.25, 0.3) is 0 Å². The fourth-order valence-corrected chi connectivity index (χ4v) is 2.20. The number of ether oxygens (including phenoxy) is 2. The van der Waals surface area contributed by atoms with Gasteiger partial charge in [0.05, 0.1) is 25.5 Å². The highest BCUT2D eigenvalue weighted by Crippen LogP contribution is 2.37. The third kappa shape index (κ3) is 2.19. The molecule has 0 saturated heterocycles. The highest BCUT2D eigenvalue weighted by atomic mass is 16.5. The fraction of sp³-hybridized carbons (Fsp3) is 0.286. The summed E-state index contributed by atoms with van der Waals surface area (Å²) in [6.07, 6.45) is 0.760. The van der Waals surface area contributed by atoms with Gasteiger partial charge < -0.3 is 9.47 Å². The molecule has 0 atom stereocenters. The maximum Gasteiger partial charge on any atom is 0.171 e. The summed E-state index contributed by atoms with van der Waals surface area (Å²) in [7, 11) is 3.06. The van der Waals surface area contributed by atoms with E-state index in [-0.39, 0.29) is 0 Å². The highest BCUT2D eigenvalue weighted by molar-refractivity contribution is 5.86. The van der Waals surface area contributed by atoms with Crippen LogP contribution in [0.5, 0.6) is 11.5 Å². The van der Waals surface area contributed by atoms with E-state index in [0.717, 1.165) is 28.8 Å². The van der Waals surface area contributed by atoms with Crippen molar-refractivity contribution in [3.8, 4) is 22.6 Å². The van der Waals surface area contributed by atoms with E-state index in [4.69, 9.17) is 9.47 Å². The smallest absolute Gasteiger partial charge is 0.171 e. The van der Waals surface area contributed by atoms with Crippen LogP contribution >= 0.6 is 0 Å². The zero-order valence-electron chi connectivity index (χ0n) is 11.4. The van der Waals surface area contributed by atoms with Crippen molar-refractivity contribution in [1.82, 2.24) is 10.2 Å². The zero-order chi connectivity index (χ0) is 14.0. The molecule has 2 rings (SSSR count). The van der Waals surface area contributed by atoms with Crippen LogP contribution in [0, 0.1) is 13.8 Å². The van der Waals surface area contributed by atoms with Gasteiger partial charge in [-0.25, -0.2) is 0 Å². The molecule has 0 fully saturated rings. The van der Waals surface area contributed by atoms with Gasteiger partial charge in [0.2, 0.25) is 0 Å². The summed E-state index contributed by atoms with van der Waals surface area (Å²) in [5.41, 5.74) is 4.13. The summed E-state index contributed by atoms with van der Waals surface area (Å²) >= 11 is 0. The minimum absolute atomic E-state index is 0.444. The first-order valence-corrected chi connectivity index (χ1v) is 5.85. The number of aromatic amines is 1. The van der Waals surface area contributed by atoms with E-state index < -0.39 is 0 Å². The minimum Gasteiger partial charge on any atom is -0.493 e. The van der Waals surface area contributed by atoms with E-state index in [1.165, 1.54) is 7.11 Å². The van der Waals surface area contributed by atoms with Gasteiger partial charge in [-0.3, -0.25) is 9.89 Å². The number of nitrogens with one attached hydrogen (secondary N) is 1. The Hall–Kier alpha value is -2.30. The van der Waals surface area contributed by atoms with Crippen LogP contribution in [0.2, 0.25) is 0 Å². The number of H-pyrrole nitrogens is 1. The number of aromatic nitrogens is 2. The maximum atomic E-state index is 11.2. The van der Waals surface area contributed by atoms with Crippen molar-refractivity contribution in [2.45, 2.75) is 13.8 Å². The average molecular weight is 260 g/mol. The molecule has 0 aliphatic carbocycles. The van der Waals surface area contributed by atoms with Crippen molar-refractivity contribution in [3.05, 3.63) is 29.1 Å². The molecule has 0 aliphatic rings. The Morgan fingerprint density at radius 3 is 2.42 bits per heavy atom. The molecule has 0 spiro atoms. The molecule has 19 heavy (non-hydrogen) atoms. The van der Waals surface area contributed by atoms with Crippen LogP contribution in [0.25, 0.3) is 11.1 Å². The van der Waals surface area contributed by atoms with Gasteiger partial charge >= 0.3 is 0 Å². The predicted molar refractivity (Wildman–Crippen MR) is 72.0 cm³/mol. The molecule has 1 heterocycles. The van der Waals surface area contributed by atoms with E-state index in [1.807, 2.05) is 19.9 Å². The first-order chi connectivity index (χ1) is 9.12. The number of methoxy groups -OCH3 is 2. The van der Waals surface area contributed by atoms with Crippen LogP contribution in [0.3, 0.4) is 0 Å². The lowest BCUT2D eigenvalue weighted by Crippen LogP contribution is -1.97. The molecular weight excluding hydrogens is 244 g/mol. The third-order valence-corrected chi connectivity index (χ3v) is 3.05. The molecular formula is C14H16N2O3. The second-order valence-corrected chi connectivity index (χ2v) is 4.23. The van der Waals surface area contributed by atoms with Crippen molar-refractivity contribution < 1.29 is 14.3 Å². The number of aldehydes is 1. The first kappa shape index (κ1) is 13.1. The molecule has 5 heteroatoms. The normalized spacial score (nSPS) is 10.3. The molecule has 1 N–H and O–H groups in total. The molecule has 1 aromatic carbocycles. The Labute approximate surface area is 111 Å². The van der Waals surface area contributed by atoms with Gasteiger partial charge in [-0.2, -0.15) is 5.10 Å². The summed E-state index contributed by atoms with van der Waals surface area (Å²) in [6, 6.07) is 3.62. The van der Waals surface area contributed by atoms with Crippen LogP contribution in [0.4, 0.5) is 0 Å². The molecule has 0 aliphatic heterocycles. The van der Waals surface area contributed by atoms with Crippen molar-refractivity contribution >= 4 is 6.29 Å². The summed E-state index contributed by atoms with van der Waals surface area (Å²) < 4.78 is 10.5. The number of carbonyl (C=O) groups is 1. The lowest BCUT2D eigenvalue weighted by molar-refractivity contribution is 0.112. The van der Waals surface area contributed by atoms with Crippen molar-refractivity contribution in [2.24, 2.45) is 0 Å². The predicted octanol–water partition coefficient (Wildman–Crippen LogP) is 2.52. The second-order valence-electron chi connectivity index (χ2n) is 4.23. The Morgan fingerprint density at radius 1 is 1.21 bits per heavy atom.